The van der Waals surface area contributed by atoms with Gasteiger partial charge in [-0.25, -0.2) is 12.8 Å². The normalized spacial score (nSPS) is 20.9. The van der Waals surface area contributed by atoms with Crippen molar-refractivity contribution in [3.63, 3.8) is 0 Å². The van der Waals surface area contributed by atoms with Crippen molar-refractivity contribution in [2.24, 2.45) is 0 Å². The molecule has 1 aromatic heterocycles. The van der Waals surface area contributed by atoms with Crippen LogP contribution in [0.3, 0.4) is 0 Å². The van der Waals surface area contributed by atoms with E-state index in [0.29, 0.717) is 11.3 Å². The first kappa shape index (κ1) is 23.6. The fraction of sp³-hybridized carbons (Fsp3) is 0.524. The van der Waals surface area contributed by atoms with Gasteiger partial charge in [-0.2, -0.15) is 13.9 Å². The quantitative estimate of drug-likeness (QED) is 0.673. The second-order valence-corrected chi connectivity index (χ2v) is 11.0. The molecule has 3 heterocycles. The minimum Gasteiger partial charge on any atom is -0.435 e. The van der Waals surface area contributed by atoms with Gasteiger partial charge >= 0.3 is 6.61 Å². The number of carbonyl (C=O) groups is 1. The monoisotopic (exact) mass is 487 g/mol. The topological polar surface area (TPSA) is 99.5 Å². The largest absolute Gasteiger partial charge is 0.435 e. The van der Waals surface area contributed by atoms with Crippen LogP contribution in [0.2, 0.25) is 0 Å². The van der Waals surface area contributed by atoms with Gasteiger partial charge < -0.3 is 14.8 Å². The molecule has 1 amide bonds. The van der Waals surface area contributed by atoms with Crippen LogP contribution in [0.25, 0.3) is 11.3 Å². The Labute approximate surface area is 189 Å². The third-order valence-corrected chi connectivity index (χ3v) is 7.78. The molecule has 2 aliphatic rings. The molecule has 2 aromatic rings. The molecule has 1 atom stereocenters. The van der Waals surface area contributed by atoms with E-state index < -0.39 is 39.8 Å². The molecule has 1 fully saturated rings. The van der Waals surface area contributed by atoms with Crippen LogP contribution in [0.5, 0.6) is 5.75 Å². The summed E-state index contributed by atoms with van der Waals surface area (Å²) in [7, 11) is -3.14. The van der Waals surface area contributed by atoms with E-state index in [-0.39, 0.29) is 47.6 Å². The average molecular weight is 488 g/mol. The van der Waals surface area contributed by atoms with E-state index in [0.717, 1.165) is 18.2 Å². The van der Waals surface area contributed by atoms with E-state index in [2.05, 4.69) is 15.2 Å². The number of nitrogens with one attached hydrogen (secondary N) is 1. The number of fused-ring (bicyclic) bond motifs is 1. The Hall–Kier alpha value is -2.60. The first-order valence-corrected chi connectivity index (χ1v) is 12.2. The Morgan fingerprint density at radius 1 is 1.33 bits per heavy atom. The number of ether oxygens (including phenoxy) is 2. The van der Waals surface area contributed by atoms with Crippen molar-refractivity contribution < 1.29 is 35.9 Å². The van der Waals surface area contributed by atoms with Gasteiger partial charge in [-0.3, -0.25) is 9.48 Å². The van der Waals surface area contributed by atoms with Gasteiger partial charge in [0.05, 0.1) is 23.7 Å². The molecule has 0 saturated carbocycles. The van der Waals surface area contributed by atoms with Crippen molar-refractivity contribution in [2.45, 2.75) is 58.1 Å². The van der Waals surface area contributed by atoms with Gasteiger partial charge in [0.15, 0.2) is 9.84 Å². The summed E-state index contributed by atoms with van der Waals surface area (Å²) in [6, 6.07) is 3.16. The van der Waals surface area contributed by atoms with E-state index >= 15 is 0 Å². The zero-order chi connectivity index (χ0) is 24.1. The minimum absolute atomic E-state index is 0.0116. The van der Waals surface area contributed by atoms with Crippen LogP contribution < -0.4 is 10.1 Å². The molecule has 1 saturated heterocycles. The molecule has 2 aliphatic heterocycles. The van der Waals surface area contributed by atoms with Gasteiger partial charge in [-0.15, -0.1) is 0 Å². The van der Waals surface area contributed by atoms with Gasteiger partial charge in [0.1, 0.15) is 23.4 Å². The Morgan fingerprint density at radius 3 is 2.64 bits per heavy atom. The van der Waals surface area contributed by atoms with Gasteiger partial charge in [0, 0.05) is 29.3 Å². The number of alkyl halides is 2. The molecule has 0 spiro atoms. The number of carbonyl (C=O) groups excluding carboxylic acids is 1. The number of nitrogens with zero attached hydrogens (tertiary/aromatic N) is 2. The van der Waals surface area contributed by atoms with Crippen LogP contribution in [-0.4, -0.2) is 53.9 Å². The van der Waals surface area contributed by atoms with Gasteiger partial charge in [-0.05, 0) is 39.0 Å². The van der Waals surface area contributed by atoms with E-state index in [4.69, 9.17) is 4.74 Å². The summed E-state index contributed by atoms with van der Waals surface area (Å²) in [5.41, 5.74) is 0.599. The molecule has 33 heavy (non-hydrogen) atoms. The molecular weight excluding hydrogens is 463 g/mol. The maximum atomic E-state index is 14.6. The SMILES string of the molecule is CC(C)n1nc(-c2cc(OC(F)F)ccc2F)c2c1C[C@H](C(=O)NC1(C)CS(=O)(=O)C1)OC2. The van der Waals surface area contributed by atoms with Crippen LogP contribution in [-0.2, 0) is 32.4 Å². The molecule has 1 aromatic carbocycles. The smallest absolute Gasteiger partial charge is 0.387 e. The first-order valence-electron chi connectivity index (χ1n) is 10.4. The van der Waals surface area contributed by atoms with Gasteiger partial charge in [-0.1, -0.05) is 0 Å². The van der Waals surface area contributed by atoms with Crippen molar-refractivity contribution in [2.75, 3.05) is 11.5 Å². The summed E-state index contributed by atoms with van der Waals surface area (Å²) in [6.07, 6.45) is -0.734. The number of halogens is 3. The van der Waals surface area contributed by atoms with Crippen LogP contribution in [0.1, 0.15) is 38.1 Å². The maximum absolute atomic E-state index is 14.6. The summed E-state index contributed by atoms with van der Waals surface area (Å²) in [6.45, 7) is 2.29. The highest BCUT2D eigenvalue weighted by Crippen LogP contribution is 2.36. The van der Waals surface area contributed by atoms with E-state index in [1.807, 2.05) is 13.8 Å². The fourth-order valence-corrected chi connectivity index (χ4v) is 6.34. The summed E-state index contributed by atoms with van der Waals surface area (Å²) < 4.78 is 74.7. The molecular formula is C21H24F3N3O5S. The number of rotatable bonds is 6. The number of sulfone groups is 1. The Kier molecular flexibility index (Phi) is 5.94. The highest BCUT2D eigenvalue weighted by atomic mass is 32.2. The second kappa shape index (κ2) is 8.32. The predicted octanol–water partition coefficient (Wildman–Crippen LogP) is 2.62. The summed E-state index contributed by atoms with van der Waals surface area (Å²) in [5.74, 6) is -1.56. The lowest BCUT2D eigenvalue weighted by Gasteiger charge is -2.39. The molecule has 0 unspecified atom stereocenters. The minimum atomic E-state index is -3.14. The molecule has 0 bridgehead atoms. The lowest BCUT2D eigenvalue weighted by molar-refractivity contribution is -0.136. The molecule has 0 radical (unpaired) electrons. The highest BCUT2D eigenvalue weighted by molar-refractivity contribution is 7.93. The van der Waals surface area contributed by atoms with Crippen LogP contribution in [0.4, 0.5) is 13.2 Å². The standard InChI is InChI=1S/C21H24F3N3O5S/c1-11(2)27-16-7-17(19(28)25-21(3)9-33(29,30)10-21)31-8-14(16)18(26-27)13-6-12(32-20(23)24)4-5-15(13)22/h4-6,11,17,20H,7-10H2,1-3H3,(H,25,28)/t17-/m1/s1. The number of hydrogen-bond acceptors (Lipinski definition) is 6. The second-order valence-electron chi connectivity index (χ2n) is 8.92. The van der Waals surface area contributed by atoms with Crippen molar-refractivity contribution >= 4 is 15.7 Å². The van der Waals surface area contributed by atoms with Crippen LogP contribution in [0, 0.1) is 5.82 Å². The summed E-state index contributed by atoms with van der Waals surface area (Å²) in [4.78, 5) is 12.8. The Bertz CT molecular complexity index is 1180. The molecule has 180 valence electrons. The number of aromatic nitrogens is 2. The van der Waals surface area contributed by atoms with Gasteiger partial charge in [0.25, 0.3) is 0 Å². The summed E-state index contributed by atoms with van der Waals surface area (Å²) >= 11 is 0. The zero-order valence-corrected chi connectivity index (χ0v) is 19.1. The zero-order valence-electron chi connectivity index (χ0n) is 18.3. The predicted molar refractivity (Wildman–Crippen MR) is 112 cm³/mol. The molecule has 8 nitrogen and oxygen atoms in total. The Balaban J connectivity index is 1.63. The fourth-order valence-electron chi connectivity index (χ4n) is 4.34. The Morgan fingerprint density at radius 2 is 2.03 bits per heavy atom. The van der Waals surface area contributed by atoms with Crippen LogP contribution in [0.15, 0.2) is 18.2 Å². The van der Waals surface area contributed by atoms with Crippen molar-refractivity contribution in [1.82, 2.24) is 15.1 Å². The van der Waals surface area contributed by atoms with Crippen molar-refractivity contribution in [3.05, 3.63) is 35.3 Å². The third kappa shape index (κ3) is 4.72. The number of benzene rings is 1. The highest BCUT2D eigenvalue weighted by Gasteiger charge is 2.47. The van der Waals surface area contributed by atoms with E-state index in [1.54, 1.807) is 11.6 Å². The molecule has 0 aliphatic carbocycles. The van der Waals surface area contributed by atoms with E-state index in [1.165, 1.54) is 0 Å². The van der Waals surface area contributed by atoms with Crippen LogP contribution >= 0.6 is 0 Å². The van der Waals surface area contributed by atoms with Crippen molar-refractivity contribution in [1.29, 1.82) is 0 Å². The molecule has 1 N–H and O–H groups in total. The number of hydrogen-bond donors (Lipinski definition) is 1. The average Bonchev–Trinajstić information content (AvgIpc) is 3.06. The first-order chi connectivity index (χ1) is 15.4. The van der Waals surface area contributed by atoms with Gasteiger partial charge in [0.2, 0.25) is 5.91 Å². The maximum Gasteiger partial charge on any atom is 0.387 e. The van der Waals surface area contributed by atoms with Crippen molar-refractivity contribution in [3.8, 4) is 17.0 Å². The molecule has 12 heteroatoms. The lowest BCUT2D eigenvalue weighted by atomic mass is 9.99. The lowest BCUT2D eigenvalue weighted by Crippen LogP contribution is -2.65. The third-order valence-electron chi connectivity index (χ3n) is 5.63. The van der Waals surface area contributed by atoms with E-state index in [9.17, 15) is 26.4 Å². The number of amides is 1. The summed E-state index contributed by atoms with van der Waals surface area (Å²) in [5, 5.41) is 7.25. The molecule has 4 rings (SSSR count).